The van der Waals surface area contributed by atoms with Gasteiger partial charge in [-0.05, 0) is 12.1 Å². The second kappa shape index (κ2) is 5.18. The molecule has 0 aromatic heterocycles. The lowest BCUT2D eigenvalue weighted by Gasteiger charge is -2.18. The molecular formula is C11H14F2O4. The van der Waals surface area contributed by atoms with Crippen LogP contribution in [0.15, 0.2) is 12.1 Å². The van der Waals surface area contributed by atoms with Gasteiger partial charge in [-0.25, -0.2) is 0 Å². The SMILES string of the molecule is COc1cc(C(F)(F)CO)cc(OC)c1OC. The van der Waals surface area contributed by atoms with Crippen molar-refractivity contribution in [2.24, 2.45) is 0 Å². The third-order valence-electron chi connectivity index (χ3n) is 2.29. The van der Waals surface area contributed by atoms with Gasteiger partial charge in [0.25, 0.3) is 5.92 Å². The van der Waals surface area contributed by atoms with E-state index in [9.17, 15) is 8.78 Å². The minimum atomic E-state index is -3.35. The summed E-state index contributed by atoms with van der Waals surface area (Å²) in [5.41, 5.74) is -0.394. The fourth-order valence-corrected chi connectivity index (χ4v) is 1.38. The molecular weight excluding hydrogens is 234 g/mol. The predicted molar refractivity (Wildman–Crippen MR) is 57.1 cm³/mol. The molecule has 0 bridgehead atoms. The van der Waals surface area contributed by atoms with Gasteiger partial charge in [0.2, 0.25) is 5.75 Å². The number of rotatable bonds is 5. The molecule has 6 heteroatoms. The van der Waals surface area contributed by atoms with Gasteiger partial charge in [0.1, 0.15) is 6.61 Å². The van der Waals surface area contributed by atoms with Crippen molar-refractivity contribution in [3.8, 4) is 17.2 Å². The first-order valence-corrected chi connectivity index (χ1v) is 4.79. The van der Waals surface area contributed by atoms with Crippen molar-refractivity contribution >= 4 is 0 Å². The van der Waals surface area contributed by atoms with E-state index in [2.05, 4.69) is 0 Å². The lowest BCUT2D eigenvalue weighted by molar-refractivity contribution is -0.0559. The maximum Gasteiger partial charge on any atom is 0.296 e. The van der Waals surface area contributed by atoms with E-state index in [1.54, 1.807) is 0 Å². The Morgan fingerprint density at radius 2 is 1.53 bits per heavy atom. The van der Waals surface area contributed by atoms with Gasteiger partial charge in [-0.15, -0.1) is 0 Å². The Morgan fingerprint density at radius 1 is 1.06 bits per heavy atom. The Labute approximate surface area is 97.7 Å². The summed E-state index contributed by atoms with van der Waals surface area (Å²) in [5.74, 6) is -2.88. The summed E-state index contributed by atoms with van der Waals surface area (Å²) >= 11 is 0. The zero-order valence-electron chi connectivity index (χ0n) is 9.79. The average Bonchev–Trinajstić information content (AvgIpc) is 2.36. The van der Waals surface area contributed by atoms with E-state index in [4.69, 9.17) is 19.3 Å². The highest BCUT2D eigenvalue weighted by Crippen LogP contribution is 2.42. The summed E-state index contributed by atoms with van der Waals surface area (Å²) in [6.45, 7) is -1.29. The second-order valence-electron chi connectivity index (χ2n) is 3.28. The van der Waals surface area contributed by atoms with Crippen LogP contribution < -0.4 is 14.2 Å². The van der Waals surface area contributed by atoms with E-state index in [0.717, 1.165) is 12.1 Å². The minimum Gasteiger partial charge on any atom is -0.493 e. The van der Waals surface area contributed by atoms with E-state index in [-0.39, 0.29) is 17.2 Å². The van der Waals surface area contributed by atoms with Crippen molar-refractivity contribution in [1.82, 2.24) is 0 Å². The van der Waals surface area contributed by atoms with Gasteiger partial charge < -0.3 is 19.3 Å². The molecule has 96 valence electrons. The molecule has 1 rings (SSSR count). The number of methoxy groups -OCH3 is 3. The quantitative estimate of drug-likeness (QED) is 0.863. The molecule has 0 unspecified atom stereocenters. The Balaban J connectivity index is 3.37. The van der Waals surface area contributed by atoms with Crippen LogP contribution in [-0.4, -0.2) is 33.0 Å². The third kappa shape index (κ3) is 2.58. The van der Waals surface area contributed by atoms with Gasteiger partial charge in [-0.3, -0.25) is 0 Å². The topological polar surface area (TPSA) is 47.9 Å². The van der Waals surface area contributed by atoms with Gasteiger partial charge in [0, 0.05) is 5.56 Å². The van der Waals surface area contributed by atoms with Crippen LogP contribution >= 0.6 is 0 Å². The lowest BCUT2D eigenvalue weighted by atomic mass is 10.1. The Bertz CT molecular complexity index is 368. The summed E-state index contributed by atoms with van der Waals surface area (Å²) in [6.07, 6.45) is 0. The predicted octanol–water partition coefficient (Wildman–Crippen LogP) is 1.80. The molecule has 0 aliphatic rings. The van der Waals surface area contributed by atoms with Gasteiger partial charge in [-0.2, -0.15) is 8.78 Å². The molecule has 0 aliphatic carbocycles. The smallest absolute Gasteiger partial charge is 0.296 e. The molecule has 0 radical (unpaired) electrons. The molecule has 4 nitrogen and oxygen atoms in total. The fraction of sp³-hybridized carbons (Fsp3) is 0.455. The molecule has 0 spiro atoms. The first-order valence-electron chi connectivity index (χ1n) is 4.79. The molecule has 0 saturated carbocycles. The van der Waals surface area contributed by atoms with Crippen LogP contribution in [0.25, 0.3) is 0 Å². The zero-order chi connectivity index (χ0) is 13.1. The van der Waals surface area contributed by atoms with E-state index in [1.165, 1.54) is 21.3 Å². The summed E-state index contributed by atoms with van der Waals surface area (Å²) in [4.78, 5) is 0. The molecule has 17 heavy (non-hydrogen) atoms. The first kappa shape index (κ1) is 13.5. The van der Waals surface area contributed by atoms with E-state index < -0.39 is 18.1 Å². The number of aliphatic hydroxyl groups is 1. The van der Waals surface area contributed by atoms with Gasteiger partial charge in [0.15, 0.2) is 11.5 Å². The molecule has 0 heterocycles. The summed E-state index contributed by atoms with van der Waals surface area (Å²) < 4.78 is 41.6. The standard InChI is InChI=1S/C11H14F2O4/c1-15-8-4-7(11(12,13)6-14)5-9(16-2)10(8)17-3/h4-5,14H,6H2,1-3H3. The maximum absolute atomic E-state index is 13.4. The summed E-state index contributed by atoms with van der Waals surface area (Å²) in [7, 11) is 4.04. The Kier molecular flexibility index (Phi) is 4.11. The highest BCUT2D eigenvalue weighted by atomic mass is 19.3. The zero-order valence-corrected chi connectivity index (χ0v) is 9.79. The summed E-state index contributed by atoms with van der Waals surface area (Å²) in [5, 5.41) is 8.64. The molecule has 0 fully saturated rings. The van der Waals surface area contributed by atoms with Crippen LogP contribution in [0.5, 0.6) is 17.2 Å². The number of benzene rings is 1. The largest absolute Gasteiger partial charge is 0.493 e. The monoisotopic (exact) mass is 248 g/mol. The van der Waals surface area contributed by atoms with Gasteiger partial charge >= 0.3 is 0 Å². The second-order valence-corrected chi connectivity index (χ2v) is 3.28. The van der Waals surface area contributed by atoms with Crippen molar-refractivity contribution in [2.45, 2.75) is 5.92 Å². The van der Waals surface area contributed by atoms with Crippen LogP contribution in [0.1, 0.15) is 5.56 Å². The van der Waals surface area contributed by atoms with Gasteiger partial charge in [0.05, 0.1) is 21.3 Å². The minimum absolute atomic E-state index is 0.120. The third-order valence-corrected chi connectivity index (χ3v) is 2.29. The molecule has 0 atom stereocenters. The molecule has 1 N–H and O–H groups in total. The van der Waals surface area contributed by atoms with E-state index in [1.807, 2.05) is 0 Å². The van der Waals surface area contributed by atoms with Crippen molar-refractivity contribution in [2.75, 3.05) is 27.9 Å². The Morgan fingerprint density at radius 3 is 1.82 bits per heavy atom. The average molecular weight is 248 g/mol. The number of ether oxygens (including phenoxy) is 3. The van der Waals surface area contributed by atoms with Crippen molar-refractivity contribution < 1.29 is 28.1 Å². The van der Waals surface area contributed by atoms with E-state index >= 15 is 0 Å². The highest BCUT2D eigenvalue weighted by molar-refractivity contribution is 5.54. The Hall–Kier alpha value is -1.56. The molecule has 0 saturated heterocycles. The maximum atomic E-state index is 13.4. The van der Waals surface area contributed by atoms with Crippen LogP contribution in [0.4, 0.5) is 8.78 Å². The van der Waals surface area contributed by atoms with Crippen molar-refractivity contribution in [3.63, 3.8) is 0 Å². The van der Waals surface area contributed by atoms with E-state index in [0.29, 0.717) is 0 Å². The van der Waals surface area contributed by atoms with Gasteiger partial charge in [-0.1, -0.05) is 0 Å². The normalized spacial score (nSPS) is 11.2. The van der Waals surface area contributed by atoms with Crippen LogP contribution in [0, 0.1) is 0 Å². The first-order chi connectivity index (χ1) is 8.00. The fourth-order valence-electron chi connectivity index (χ4n) is 1.38. The van der Waals surface area contributed by atoms with Crippen molar-refractivity contribution in [3.05, 3.63) is 17.7 Å². The van der Waals surface area contributed by atoms with Crippen molar-refractivity contribution in [1.29, 1.82) is 0 Å². The number of aliphatic hydroxyl groups excluding tert-OH is 1. The van der Waals surface area contributed by atoms with Crippen LogP contribution in [-0.2, 0) is 5.92 Å². The highest BCUT2D eigenvalue weighted by Gasteiger charge is 2.33. The number of hydrogen-bond acceptors (Lipinski definition) is 4. The number of halogens is 2. The molecule has 1 aromatic carbocycles. The number of alkyl halides is 2. The lowest BCUT2D eigenvalue weighted by Crippen LogP contribution is -2.18. The summed E-state index contributed by atoms with van der Waals surface area (Å²) in [6, 6.07) is 2.22. The van der Waals surface area contributed by atoms with Crippen LogP contribution in [0.2, 0.25) is 0 Å². The molecule has 0 aliphatic heterocycles. The molecule has 0 amide bonds. The van der Waals surface area contributed by atoms with Crippen LogP contribution in [0.3, 0.4) is 0 Å². The number of hydrogen-bond donors (Lipinski definition) is 1. The molecule has 1 aromatic rings.